The van der Waals surface area contributed by atoms with Crippen molar-refractivity contribution in [2.45, 2.75) is 19.5 Å². The monoisotopic (exact) mass is 263 g/mol. The standard InChI is InChI=1S/C17H17N3/c1-13(16-7-4-5-11-18-16)19-12-15-10-9-14-6-2-3-8-17(14)20-15/h2-11,13,19H,12H2,1H3. The normalized spacial score (nSPS) is 12.4. The fourth-order valence-electron chi connectivity index (χ4n) is 2.20. The summed E-state index contributed by atoms with van der Waals surface area (Å²) in [4.78, 5) is 9.02. The van der Waals surface area contributed by atoms with Crippen LogP contribution in [0.5, 0.6) is 0 Å². The summed E-state index contributed by atoms with van der Waals surface area (Å²) in [6, 6.07) is 18.5. The minimum atomic E-state index is 0.212. The Bertz CT molecular complexity index is 695. The van der Waals surface area contributed by atoms with Gasteiger partial charge in [-0.05, 0) is 31.2 Å². The van der Waals surface area contributed by atoms with Gasteiger partial charge in [0.1, 0.15) is 0 Å². The molecule has 3 heteroatoms. The van der Waals surface area contributed by atoms with E-state index in [0.29, 0.717) is 0 Å². The molecular weight excluding hydrogens is 246 g/mol. The molecule has 1 atom stereocenters. The summed E-state index contributed by atoms with van der Waals surface area (Å²) in [6.07, 6.45) is 1.82. The van der Waals surface area contributed by atoms with Gasteiger partial charge in [-0.15, -0.1) is 0 Å². The number of benzene rings is 1. The first-order chi connectivity index (χ1) is 9.83. The second-order valence-corrected chi connectivity index (χ2v) is 4.85. The molecule has 1 aromatic carbocycles. The van der Waals surface area contributed by atoms with Crippen molar-refractivity contribution in [3.8, 4) is 0 Å². The summed E-state index contributed by atoms with van der Waals surface area (Å²) in [7, 11) is 0. The number of nitrogens with zero attached hydrogens (tertiary/aromatic N) is 2. The highest BCUT2D eigenvalue weighted by Gasteiger charge is 2.06. The van der Waals surface area contributed by atoms with Crippen LogP contribution in [0.4, 0.5) is 0 Å². The minimum Gasteiger partial charge on any atom is -0.303 e. The molecule has 2 aromatic heterocycles. The average molecular weight is 263 g/mol. The Labute approximate surface area is 118 Å². The topological polar surface area (TPSA) is 37.8 Å². The van der Waals surface area contributed by atoms with Gasteiger partial charge in [0, 0.05) is 24.2 Å². The second kappa shape index (κ2) is 5.80. The van der Waals surface area contributed by atoms with Gasteiger partial charge in [0.2, 0.25) is 0 Å². The van der Waals surface area contributed by atoms with Gasteiger partial charge in [0.05, 0.1) is 16.9 Å². The van der Waals surface area contributed by atoms with Gasteiger partial charge < -0.3 is 5.32 Å². The van der Waals surface area contributed by atoms with E-state index in [-0.39, 0.29) is 6.04 Å². The third-order valence-electron chi connectivity index (χ3n) is 3.38. The highest BCUT2D eigenvalue weighted by Crippen LogP contribution is 2.13. The zero-order valence-corrected chi connectivity index (χ0v) is 11.5. The molecule has 0 aliphatic rings. The molecule has 0 aliphatic carbocycles. The number of fused-ring (bicyclic) bond motifs is 1. The molecule has 1 N–H and O–H groups in total. The molecule has 3 nitrogen and oxygen atoms in total. The maximum atomic E-state index is 4.66. The SMILES string of the molecule is CC(NCc1ccc2ccccc2n1)c1ccccn1. The third kappa shape index (κ3) is 2.83. The number of pyridine rings is 2. The van der Waals surface area contributed by atoms with Crippen molar-refractivity contribution in [1.29, 1.82) is 0 Å². The predicted octanol–water partition coefficient (Wildman–Crippen LogP) is 3.48. The van der Waals surface area contributed by atoms with Crippen LogP contribution in [0.25, 0.3) is 10.9 Å². The van der Waals surface area contributed by atoms with E-state index in [1.165, 1.54) is 5.39 Å². The van der Waals surface area contributed by atoms with Gasteiger partial charge in [-0.1, -0.05) is 30.3 Å². The Morgan fingerprint density at radius 1 is 1.00 bits per heavy atom. The summed E-state index contributed by atoms with van der Waals surface area (Å²) < 4.78 is 0. The molecule has 1 unspecified atom stereocenters. The Hall–Kier alpha value is -2.26. The van der Waals surface area contributed by atoms with Crippen molar-refractivity contribution < 1.29 is 0 Å². The summed E-state index contributed by atoms with van der Waals surface area (Å²) in [6.45, 7) is 2.85. The van der Waals surface area contributed by atoms with E-state index in [4.69, 9.17) is 0 Å². The van der Waals surface area contributed by atoms with E-state index >= 15 is 0 Å². The van der Waals surface area contributed by atoms with Gasteiger partial charge in [0.15, 0.2) is 0 Å². The van der Waals surface area contributed by atoms with E-state index in [9.17, 15) is 0 Å². The van der Waals surface area contributed by atoms with Gasteiger partial charge in [-0.2, -0.15) is 0 Å². The fraction of sp³-hybridized carbons (Fsp3) is 0.176. The van der Waals surface area contributed by atoms with Crippen molar-refractivity contribution in [1.82, 2.24) is 15.3 Å². The molecule has 2 heterocycles. The Kier molecular flexibility index (Phi) is 3.70. The average Bonchev–Trinajstić information content (AvgIpc) is 2.53. The minimum absolute atomic E-state index is 0.212. The molecule has 0 bridgehead atoms. The number of hydrogen-bond donors (Lipinski definition) is 1. The first-order valence-corrected chi connectivity index (χ1v) is 6.82. The Morgan fingerprint density at radius 3 is 2.70 bits per heavy atom. The summed E-state index contributed by atoms with van der Waals surface area (Å²) in [5.74, 6) is 0. The van der Waals surface area contributed by atoms with Gasteiger partial charge in [0.25, 0.3) is 0 Å². The van der Waals surface area contributed by atoms with Crippen LogP contribution in [0.2, 0.25) is 0 Å². The maximum absolute atomic E-state index is 4.66. The van der Waals surface area contributed by atoms with Crippen LogP contribution in [0, 0.1) is 0 Å². The molecule has 0 fully saturated rings. The van der Waals surface area contributed by atoms with Crippen molar-refractivity contribution in [2.24, 2.45) is 0 Å². The highest BCUT2D eigenvalue weighted by molar-refractivity contribution is 5.78. The van der Waals surface area contributed by atoms with E-state index < -0.39 is 0 Å². The Morgan fingerprint density at radius 2 is 1.85 bits per heavy atom. The lowest BCUT2D eigenvalue weighted by atomic mass is 10.2. The molecule has 0 radical (unpaired) electrons. The van der Waals surface area contributed by atoms with Crippen LogP contribution in [0.15, 0.2) is 60.8 Å². The molecule has 0 amide bonds. The molecule has 0 spiro atoms. The second-order valence-electron chi connectivity index (χ2n) is 4.85. The maximum Gasteiger partial charge on any atom is 0.0705 e. The van der Waals surface area contributed by atoms with Crippen molar-refractivity contribution in [3.63, 3.8) is 0 Å². The van der Waals surface area contributed by atoms with Crippen molar-refractivity contribution in [2.75, 3.05) is 0 Å². The molecule has 3 rings (SSSR count). The summed E-state index contributed by atoms with van der Waals surface area (Å²) in [5.41, 5.74) is 3.14. The van der Waals surface area contributed by atoms with E-state index in [1.54, 1.807) is 0 Å². The molecule has 0 saturated carbocycles. The van der Waals surface area contributed by atoms with Gasteiger partial charge >= 0.3 is 0 Å². The van der Waals surface area contributed by atoms with Crippen molar-refractivity contribution in [3.05, 3.63) is 72.2 Å². The van der Waals surface area contributed by atoms with Crippen LogP contribution >= 0.6 is 0 Å². The largest absolute Gasteiger partial charge is 0.303 e. The van der Waals surface area contributed by atoms with E-state index in [1.807, 2.05) is 42.6 Å². The van der Waals surface area contributed by atoms with E-state index in [2.05, 4.69) is 40.4 Å². The van der Waals surface area contributed by atoms with Crippen LogP contribution < -0.4 is 5.32 Å². The number of nitrogens with one attached hydrogen (secondary N) is 1. The summed E-state index contributed by atoms with van der Waals surface area (Å²) >= 11 is 0. The quantitative estimate of drug-likeness (QED) is 0.783. The lowest BCUT2D eigenvalue weighted by Gasteiger charge is -2.13. The van der Waals surface area contributed by atoms with Crippen LogP contribution in [-0.4, -0.2) is 9.97 Å². The zero-order valence-electron chi connectivity index (χ0n) is 11.5. The number of hydrogen-bond acceptors (Lipinski definition) is 3. The molecule has 100 valence electrons. The number of rotatable bonds is 4. The van der Waals surface area contributed by atoms with Gasteiger partial charge in [-0.25, -0.2) is 0 Å². The number of para-hydroxylation sites is 1. The lowest BCUT2D eigenvalue weighted by Crippen LogP contribution is -2.19. The number of aromatic nitrogens is 2. The predicted molar refractivity (Wildman–Crippen MR) is 81.2 cm³/mol. The summed E-state index contributed by atoms with van der Waals surface area (Å²) in [5, 5.41) is 4.63. The Balaban J connectivity index is 1.70. The first-order valence-electron chi connectivity index (χ1n) is 6.82. The molecule has 0 saturated heterocycles. The smallest absolute Gasteiger partial charge is 0.0705 e. The van der Waals surface area contributed by atoms with Crippen LogP contribution in [-0.2, 0) is 6.54 Å². The van der Waals surface area contributed by atoms with Gasteiger partial charge in [-0.3, -0.25) is 9.97 Å². The van der Waals surface area contributed by atoms with E-state index in [0.717, 1.165) is 23.4 Å². The highest BCUT2D eigenvalue weighted by atomic mass is 14.9. The third-order valence-corrected chi connectivity index (χ3v) is 3.38. The zero-order chi connectivity index (χ0) is 13.8. The molecule has 3 aromatic rings. The fourth-order valence-corrected chi connectivity index (χ4v) is 2.20. The first kappa shape index (κ1) is 12.8. The van der Waals surface area contributed by atoms with Crippen LogP contribution in [0.1, 0.15) is 24.4 Å². The molecule has 0 aliphatic heterocycles. The molecule has 20 heavy (non-hydrogen) atoms. The molecular formula is C17H17N3. The van der Waals surface area contributed by atoms with Crippen LogP contribution in [0.3, 0.4) is 0 Å². The van der Waals surface area contributed by atoms with Crippen molar-refractivity contribution >= 4 is 10.9 Å². The lowest BCUT2D eigenvalue weighted by molar-refractivity contribution is 0.556.